The van der Waals surface area contributed by atoms with Crippen LogP contribution in [0.2, 0.25) is 0 Å². The van der Waals surface area contributed by atoms with E-state index >= 15 is 0 Å². The Kier molecular flexibility index (Phi) is 6.29. The van der Waals surface area contributed by atoms with E-state index in [4.69, 9.17) is 4.42 Å². The lowest BCUT2D eigenvalue weighted by molar-refractivity contribution is -0.126. The molecule has 2 aromatic rings. The average molecular weight is 369 g/mol. The van der Waals surface area contributed by atoms with Gasteiger partial charge in [-0.1, -0.05) is 24.3 Å². The fourth-order valence-electron chi connectivity index (χ4n) is 3.48. The molecule has 6 nitrogen and oxygen atoms in total. The Morgan fingerprint density at radius 1 is 1.19 bits per heavy atom. The highest BCUT2D eigenvalue weighted by Crippen LogP contribution is 2.19. The van der Waals surface area contributed by atoms with Crippen LogP contribution in [-0.4, -0.2) is 48.8 Å². The number of hydrogen-bond acceptors (Lipinski definition) is 4. The second kappa shape index (κ2) is 8.86. The highest BCUT2D eigenvalue weighted by molar-refractivity contribution is 5.92. The molecule has 2 heterocycles. The van der Waals surface area contributed by atoms with Gasteiger partial charge in [0.15, 0.2) is 5.76 Å². The average Bonchev–Trinajstić information content (AvgIpc) is 3.21. The van der Waals surface area contributed by atoms with Crippen molar-refractivity contribution < 1.29 is 14.0 Å². The van der Waals surface area contributed by atoms with Crippen LogP contribution in [0.1, 0.15) is 34.5 Å². The van der Waals surface area contributed by atoms with Crippen molar-refractivity contribution in [2.75, 3.05) is 27.2 Å². The molecule has 27 heavy (non-hydrogen) atoms. The molecule has 0 unspecified atom stereocenters. The van der Waals surface area contributed by atoms with Crippen molar-refractivity contribution in [3.05, 3.63) is 59.5 Å². The predicted molar refractivity (Wildman–Crippen MR) is 103 cm³/mol. The van der Waals surface area contributed by atoms with Crippen LogP contribution in [0.5, 0.6) is 0 Å². The molecule has 1 aliphatic heterocycles. The number of amides is 2. The standard InChI is InChI=1S/C21H27N3O3/c1-23(2)14-17-8-4-3-7-16(17)13-22-20(25)18-9-5-11-24(15-18)21(26)19-10-6-12-27-19/h3-4,6-8,10,12,18H,5,9,11,13-15H2,1-2H3,(H,22,25)/t18-/m0/s1. The monoisotopic (exact) mass is 369 g/mol. The van der Waals surface area contributed by atoms with E-state index in [0.717, 1.165) is 24.9 Å². The summed E-state index contributed by atoms with van der Waals surface area (Å²) >= 11 is 0. The van der Waals surface area contributed by atoms with Crippen LogP contribution in [0.4, 0.5) is 0 Å². The number of nitrogens with zero attached hydrogens (tertiary/aromatic N) is 2. The van der Waals surface area contributed by atoms with Gasteiger partial charge in [-0.25, -0.2) is 0 Å². The molecule has 1 saturated heterocycles. The van der Waals surface area contributed by atoms with Crippen molar-refractivity contribution in [3.8, 4) is 0 Å². The molecule has 2 amide bonds. The third kappa shape index (κ3) is 4.98. The topological polar surface area (TPSA) is 65.8 Å². The van der Waals surface area contributed by atoms with Gasteiger partial charge in [0, 0.05) is 26.2 Å². The van der Waals surface area contributed by atoms with Gasteiger partial charge in [0.25, 0.3) is 5.91 Å². The van der Waals surface area contributed by atoms with E-state index < -0.39 is 0 Å². The molecule has 1 aromatic carbocycles. The summed E-state index contributed by atoms with van der Waals surface area (Å²) in [5.41, 5.74) is 2.33. The van der Waals surface area contributed by atoms with E-state index in [9.17, 15) is 9.59 Å². The van der Waals surface area contributed by atoms with E-state index in [1.807, 2.05) is 32.3 Å². The van der Waals surface area contributed by atoms with Crippen molar-refractivity contribution in [3.63, 3.8) is 0 Å². The Labute approximate surface area is 160 Å². The molecule has 6 heteroatoms. The summed E-state index contributed by atoms with van der Waals surface area (Å²) in [5.74, 6) is 0.00720. The van der Waals surface area contributed by atoms with Crippen LogP contribution in [0, 0.1) is 5.92 Å². The number of piperidine rings is 1. The Bertz CT molecular complexity index is 771. The van der Waals surface area contributed by atoms with Crippen LogP contribution >= 0.6 is 0 Å². The summed E-state index contributed by atoms with van der Waals surface area (Å²) in [6, 6.07) is 11.5. The van der Waals surface area contributed by atoms with E-state index in [1.54, 1.807) is 17.0 Å². The van der Waals surface area contributed by atoms with Gasteiger partial charge in [0.05, 0.1) is 12.2 Å². The molecular weight excluding hydrogens is 342 g/mol. The minimum Gasteiger partial charge on any atom is -0.459 e. The Morgan fingerprint density at radius 2 is 1.96 bits per heavy atom. The molecule has 0 radical (unpaired) electrons. The fraction of sp³-hybridized carbons (Fsp3) is 0.429. The molecule has 1 aliphatic rings. The maximum atomic E-state index is 12.7. The molecule has 1 fully saturated rings. The van der Waals surface area contributed by atoms with Gasteiger partial charge in [-0.05, 0) is 50.2 Å². The second-order valence-electron chi connectivity index (χ2n) is 7.29. The molecule has 3 rings (SSSR count). The molecule has 144 valence electrons. The first-order valence-corrected chi connectivity index (χ1v) is 9.36. The van der Waals surface area contributed by atoms with Crippen LogP contribution in [0.3, 0.4) is 0 Å². The number of rotatable bonds is 6. The van der Waals surface area contributed by atoms with E-state index in [1.165, 1.54) is 11.8 Å². The first-order chi connectivity index (χ1) is 13.0. The third-order valence-corrected chi connectivity index (χ3v) is 4.87. The number of carbonyl (C=O) groups excluding carboxylic acids is 2. The Balaban J connectivity index is 1.57. The molecule has 0 spiro atoms. The van der Waals surface area contributed by atoms with Crippen molar-refractivity contribution in [1.82, 2.24) is 15.1 Å². The maximum Gasteiger partial charge on any atom is 0.289 e. The van der Waals surface area contributed by atoms with Crippen molar-refractivity contribution in [2.45, 2.75) is 25.9 Å². The van der Waals surface area contributed by atoms with Gasteiger partial charge in [-0.15, -0.1) is 0 Å². The van der Waals surface area contributed by atoms with Crippen molar-refractivity contribution in [1.29, 1.82) is 0 Å². The molecular formula is C21H27N3O3. The SMILES string of the molecule is CN(C)Cc1ccccc1CNC(=O)[C@H]1CCCN(C(=O)c2ccco2)C1. The lowest BCUT2D eigenvalue weighted by Gasteiger charge is -2.31. The number of furan rings is 1. The third-order valence-electron chi connectivity index (χ3n) is 4.87. The predicted octanol–water partition coefficient (Wildman–Crippen LogP) is 2.51. The molecule has 0 aliphatic carbocycles. The van der Waals surface area contributed by atoms with E-state index in [2.05, 4.69) is 16.3 Å². The minimum atomic E-state index is -0.182. The van der Waals surface area contributed by atoms with E-state index in [-0.39, 0.29) is 17.7 Å². The first kappa shape index (κ1) is 19.2. The molecule has 0 bridgehead atoms. The zero-order valence-electron chi connectivity index (χ0n) is 16.0. The van der Waals surface area contributed by atoms with E-state index in [0.29, 0.717) is 25.4 Å². The summed E-state index contributed by atoms with van der Waals surface area (Å²) in [6.45, 7) is 2.44. The van der Waals surface area contributed by atoms with Gasteiger partial charge >= 0.3 is 0 Å². The lowest BCUT2D eigenvalue weighted by atomic mass is 9.96. The van der Waals surface area contributed by atoms with Gasteiger partial charge in [0.2, 0.25) is 5.91 Å². The number of nitrogens with one attached hydrogen (secondary N) is 1. The van der Waals surface area contributed by atoms with Gasteiger partial charge in [-0.2, -0.15) is 0 Å². The van der Waals surface area contributed by atoms with Gasteiger partial charge in [0.1, 0.15) is 0 Å². The van der Waals surface area contributed by atoms with Gasteiger partial charge < -0.3 is 19.5 Å². The van der Waals surface area contributed by atoms with Crippen molar-refractivity contribution in [2.24, 2.45) is 5.92 Å². The van der Waals surface area contributed by atoms with Crippen LogP contribution < -0.4 is 5.32 Å². The molecule has 1 aromatic heterocycles. The summed E-state index contributed by atoms with van der Waals surface area (Å²) in [5, 5.41) is 3.06. The minimum absolute atomic E-state index is 0.00611. The Hall–Kier alpha value is -2.60. The number of carbonyl (C=O) groups is 2. The highest BCUT2D eigenvalue weighted by atomic mass is 16.3. The summed E-state index contributed by atoms with van der Waals surface area (Å²) in [7, 11) is 4.06. The number of hydrogen-bond donors (Lipinski definition) is 1. The zero-order chi connectivity index (χ0) is 19.2. The van der Waals surface area contributed by atoms with Crippen LogP contribution in [-0.2, 0) is 17.9 Å². The lowest BCUT2D eigenvalue weighted by Crippen LogP contribution is -2.45. The summed E-state index contributed by atoms with van der Waals surface area (Å²) in [4.78, 5) is 29.0. The highest BCUT2D eigenvalue weighted by Gasteiger charge is 2.29. The first-order valence-electron chi connectivity index (χ1n) is 9.36. The van der Waals surface area contributed by atoms with Gasteiger partial charge in [-0.3, -0.25) is 9.59 Å². The zero-order valence-corrected chi connectivity index (χ0v) is 16.0. The molecule has 0 saturated carbocycles. The van der Waals surface area contributed by atoms with Crippen LogP contribution in [0.15, 0.2) is 47.1 Å². The van der Waals surface area contributed by atoms with Crippen LogP contribution in [0.25, 0.3) is 0 Å². The smallest absolute Gasteiger partial charge is 0.289 e. The second-order valence-corrected chi connectivity index (χ2v) is 7.29. The largest absolute Gasteiger partial charge is 0.459 e. The molecule has 1 N–H and O–H groups in total. The number of likely N-dealkylation sites (tertiary alicyclic amines) is 1. The van der Waals surface area contributed by atoms with Crippen molar-refractivity contribution >= 4 is 11.8 Å². The normalized spacial score (nSPS) is 17.1. The molecule has 1 atom stereocenters. The fourth-order valence-corrected chi connectivity index (χ4v) is 3.48. The maximum absolute atomic E-state index is 12.7. The number of benzene rings is 1. The summed E-state index contributed by atoms with van der Waals surface area (Å²) in [6.07, 6.45) is 3.11. The Morgan fingerprint density at radius 3 is 2.67 bits per heavy atom. The summed E-state index contributed by atoms with van der Waals surface area (Å²) < 4.78 is 5.20. The quantitative estimate of drug-likeness (QED) is 0.850.